The molecule has 1 aliphatic rings. The number of hydrogen-bond acceptors (Lipinski definition) is 2. The first-order chi connectivity index (χ1) is 12.6. The van der Waals surface area contributed by atoms with Gasteiger partial charge < -0.3 is 0 Å². The predicted octanol–water partition coefficient (Wildman–Crippen LogP) is 5.02. The van der Waals surface area contributed by atoms with Crippen molar-refractivity contribution in [1.29, 1.82) is 0 Å². The Morgan fingerprint density at radius 3 is 2.50 bits per heavy atom. The molecule has 136 valence electrons. The minimum absolute atomic E-state index is 0.347. The maximum absolute atomic E-state index is 13.3. The average molecular weight is 368 g/mol. The molecule has 4 rings (SSSR count). The van der Waals surface area contributed by atoms with Crippen molar-refractivity contribution in [3.8, 4) is 0 Å². The van der Waals surface area contributed by atoms with Gasteiger partial charge >= 0.3 is 0 Å². The van der Waals surface area contributed by atoms with Crippen LogP contribution in [-0.4, -0.2) is 12.4 Å². The number of unbranched alkanes of at least 4 members (excludes halogenated alkanes) is 1. The molecule has 0 spiro atoms. The fourth-order valence-corrected chi connectivity index (χ4v) is 5.74. The van der Waals surface area contributed by atoms with Crippen LogP contribution in [0.5, 0.6) is 0 Å². The Morgan fingerprint density at radius 2 is 1.77 bits per heavy atom. The van der Waals surface area contributed by atoms with Gasteiger partial charge in [-0.2, -0.15) is 0 Å². The summed E-state index contributed by atoms with van der Waals surface area (Å²) >= 11 is 0. The summed E-state index contributed by atoms with van der Waals surface area (Å²) in [6.45, 7) is 4.42. The number of aromatic nitrogens is 1. The first-order valence-corrected chi connectivity index (χ1v) is 10.9. The van der Waals surface area contributed by atoms with Gasteiger partial charge in [-0.3, -0.25) is 0 Å². The second-order valence-corrected chi connectivity index (χ2v) is 9.02. The van der Waals surface area contributed by atoms with E-state index in [1.165, 1.54) is 26.2 Å². The monoisotopic (exact) mass is 367 g/mol. The number of fused-ring (bicyclic) bond motifs is 3. The molecular weight excluding hydrogens is 342 g/mol. The first kappa shape index (κ1) is 17.3. The number of rotatable bonds is 5. The molecule has 0 aliphatic heterocycles. The van der Waals surface area contributed by atoms with E-state index in [1.807, 2.05) is 12.1 Å². The smallest absolute Gasteiger partial charge is 0.241 e. The van der Waals surface area contributed by atoms with Crippen LogP contribution in [0.15, 0.2) is 47.5 Å². The second kappa shape index (κ2) is 6.58. The number of nitrogens with zero attached hydrogens (tertiary/aromatic N) is 1. The standard InChI is InChI=1S/C22H25NO2S/c1-3-4-11-18-16(2)19-12-8-13-20(19)22-21(18)14-15-23(22)26(24,25)17-9-6-5-7-10-17/h5-7,9-10,14-15H,3-4,8,11-13H2,1-2H3. The third-order valence-corrected chi connectivity index (χ3v) is 7.36. The highest BCUT2D eigenvalue weighted by Gasteiger charge is 2.26. The molecule has 1 aromatic heterocycles. The highest BCUT2D eigenvalue weighted by molar-refractivity contribution is 7.90. The third kappa shape index (κ3) is 2.59. The summed E-state index contributed by atoms with van der Waals surface area (Å²) in [7, 11) is -3.58. The maximum Gasteiger partial charge on any atom is 0.268 e. The number of benzene rings is 2. The largest absolute Gasteiger partial charge is 0.268 e. The van der Waals surface area contributed by atoms with Gasteiger partial charge in [0, 0.05) is 11.6 Å². The molecule has 0 N–H and O–H groups in total. The Labute approximate surface area is 155 Å². The predicted molar refractivity (Wildman–Crippen MR) is 106 cm³/mol. The molecule has 3 nitrogen and oxygen atoms in total. The Balaban J connectivity index is 2.01. The lowest BCUT2D eigenvalue weighted by Gasteiger charge is -2.16. The third-order valence-electron chi connectivity index (χ3n) is 5.67. The van der Waals surface area contributed by atoms with Crippen LogP contribution in [0.4, 0.5) is 0 Å². The summed E-state index contributed by atoms with van der Waals surface area (Å²) in [6.07, 6.45) is 8.18. The minimum Gasteiger partial charge on any atom is -0.241 e. The van der Waals surface area contributed by atoms with Crippen molar-refractivity contribution in [3.63, 3.8) is 0 Å². The summed E-state index contributed by atoms with van der Waals surface area (Å²) in [4.78, 5) is 0.347. The molecule has 4 heteroatoms. The Kier molecular flexibility index (Phi) is 4.39. The first-order valence-electron chi connectivity index (χ1n) is 9.50. The van der Waals surface area contributed by atoms with Gasteiger partial charge in [0.05, 0.1) is 10.4 Å². The van der Waals surface area contributed by atoms with Crippen LogP contribution in [-0.2, 0) is 29.3 Å². The van der Waals surface area contributed by atoms with Gasteiger partial charge in [0.1, 0.15) is 0 Å². The normalized spacial score (nSPS) is 14.1. The molecule has 0 radical (unpaired) electrons. The van der Waals surface area contributed by atoms with Crippen molar-refractivity contribution >= 4 is 20.9 Å². The van der Waals surface area contributed by atoms with Gasteiger partial charge in [0.25, 0.3) is 10.0 Å². The van der Waals surface area contributed by atoms with E-state index in [9.17, 15) is 8.42 Å². The molecule has 2 aromatic carbocycles. The van der Waals surface area contributed by atoms with Gasteiger partial charge in [-0.1, -0.05) is 31.5 Å². The quantitative estimate of drug-likeness (QED) is 0.635. The van der Waals surface area contributed by atoms with E-state index in [2.05, 4.69) is 13.8 Å². The minimum atomic E-state index is -3.58. The second-order valence-electron chi connectivity index (χ2n) is 7.21. The highest BCUT2D eigenvalue weighted by Crippen LogP contribution is 2.38. The Bertz CT molecular complexity index is 1060. The summed E-state index contributed by atoms with van der Waals surface area (Å²) < 4.78 is 28.1. The zero-order valence-corrected chi connectivity index (χ0v) is 16.3. The van der Waals surface area contributed by atoms with Crippen LogP contribution >= 0.6 is 0 Å². The van der Waals surface area contributed by atoms with Crippen molar-refractivity contribution < 1.29 is 8.42 Å². The molecule has 0 amide bonds. The molecule has 0 atom stereocenters. The zero-order valence-electron chi connectivity index (χ0n) is 15.5. The lowest BCUT2D eigenvalue weighted by atomic mass is 9.92. The van der Waals surface area contributed by atoms with Crippen LogP contribution in [0.1, 0.15) is 48.4 Å². The maximum atomic E-state index is 13.3. The van der Waals surface area contributed by atoms with Gasteiger partial charge in [-0.25, -0.2) is 12.4 Å². The summed E-state index contributed by atoms with van der Waals surface area (Å²) in [5.74, 6) is 0. The van der Waals surface area contributed by atoms with E-state index >= 15 is 0 Å². The van der Waals surface area contributed by atoms with Crippen LogP contribution in [0, 0.1) is 6.92 Å². The zero-order chi connectivity index (χ0) is 18.3. The Hall–Kier alpha value is -2.07. The van der Waals surface area contributed by atoms with Crippen molar-refractivity contribution in [2.24, 2.45) is 0 Å². The van der Waals surface area contributed by atoms with Crippen LogP contribution in [0.2, 0.25) is 0 Å². The molecule has 26 heavy (non-hydrogen) atoms. The van der Waals surface area contributed by atoms with E-state index < -0.39 is 10.0 Å². The summed E-state index contributed by atoms with van der Waals surface area (Å²) in [5.41, 5.74) is 6.25. The molecular formula is C22H25NO2S. The number of aryl methyl sites for hydroxylation is 2. The molecule has 0 bridgehead atoms. The molecule has 1 aliphatic carbocycles. The summed E-state index contributed by atoms with van der Waals surface area (Å²) in [5, 5.41) is 1.12. The lowest BCUT2D eigenvalue weighted by molar-refractivity contribution is 0.589. The highest BCUT2D eigenvalue weighted by atomic mass is 32.2. The van der Waals surface area contributed by atoms with Crippen LogP contribution < -0.4 is 0 Å². The van der Waals surface area contributed by atoms with E-state index in [1.54, 1.807) is 30.5 Å². The van der Waals surface area contributed by atoms with Crippen molar-refractivity contribution in [3.05, 3.63) is 64.8 Å². The molecule has 1 heterocycles. The van der Waals surface area contributed by atoms with Gasteiger partial charge in [-0.05, 0) is 79.5 Å². The van der Waals surface area contributed by atoms with Crippen molar-refractivity contribution in [2.75, 3.05) is 0 Å². The SMILES string of the molecule is CCCCc1c(C)c2c(c3c1ccn3S(=O)(=O)c1ccccc1)CCC2. The molecule has 0 fully saturated rings. The fourth-order valence-electron chi connectivity index (χ4n) is 4.34. The van der Waals surface area contributed by atoms with Crippen molar-refractivity contribution in [1.82, 2.24) is 3.97 Å². The molecule has 0 unspecified atom stereocenters. The Morgan fingerprint density at radius 1 is 1.04 bits per heavy atom. The van der Waals surface area contributed by atoms with E-state index in [-0.39, 0.29) is 0 Å². The average Bonchev–Trinajstić information content (AvgIpc) is 3.29. The van der Waals surface area contributed by atoms with Gasteiger partial charge in [0.2, 0.25) is 0 Å². The topological polar surface area (TPSA) is 39.1 Å². The molecule has 3 aromatic rings. The van der Waals surface area contributed by atoms with Crippen LogP contribution in [0.3, 0.4) is 0 Å². The molecule has 0 saturated carbocycles. The van der Waals surface area contributed by atoms with E-state index in [0.717, 1.165) is 49.4 Å². The number of hydrogen-bond donors (Lipinski definition) is 0. The van der Waals surface area contributed by atoms with Crippen molar-refractivity contribution in [2.45, 2.75) is 57.3 Å². The van der Waals surface area contributed by atoms with Crippen LogP contribution in [0.25, 0.3) is 10.9 Å². The van der Waals surface area contributed by atoms with E-state index in [0.29, 0.717) is 4.90 Å². The fraction of sp³-hybridized carbons (Fsp3) is 0.364. The lowest BCUT2D eigenvalue weighted by Crippen LogP contribution is -2.13. The van der Waals surface area contributed by atoms with Gasteiger partial charge in [-0.15, -0.1) is 0 Å². The molecule has 0 saturated heterocycles. The van der Waals surface area contributed by atoms with E-state index in [4.69, 9.17) is 0 Å². The summed E-state index contributed by atoms with van der Waals surface area (Å²) in [6, 6.07) is 10.8. The van der Waals surface area contributed by atoms with Gasteiger partial charge in [0.15, 0.2) is 0 Å².